The van der Waals surface area contributed by atoms with Crippen LogP contribution in [0.5, 0.6) is 0 Å². The Hall–Kier alpha value is -3.22. The molecule has 7 heteroatoms. The fourth-order valence-electron chi connectivity index (χ4n) is 3.91. The smallest absolute Gasteiger partial charge is 0.342 e. The molecule has 2 aromatic heterocycles. The maximum atomic E-state index is 13.1. The van der Waals surface area contributed by atoms with Crippen LogP contribution in [0.15, 0.2) is 66.9 Å². The van der Waals surface area contributed by atoms with Gasteiger partial charge in [0.25, 0.3) is 0 Å². The second-order valence-electron chi connectivity index (χ2n) is 7.70. The van der Waals surface area contributed by atoms with Crippen LogP contribution in [0.4, 0.5) is 13.2 Å². The quantitative estimate of drug-likeness (QED) is 0.584. The third-order valence-electron chi connectivity index (χ3n) is 5.51. The number of amides is 1. The van der Waals surface area contributed by atoms with E-state index in [0.29, 0.717) is 24.3 Å². The maximum absolute atomic E-state index is 13.1. The minimum atomic E-state index is -4.40. The summed E-state index contributed by atoms with van der Waals surface area (Å²) in [7, 11) is 0. The van der Waals surface area contributed by atoms with Crippen molar-refractivity contribution in [1.82, 2.24) is 14.9 Å². The number of carbonyl (C=O) groups is 1. The van der Waals surface area contributed by atoms with Crippen LogP contribution in [0.1, 0.15) is 35.7 Å². The van der Waals surface area contributed by atoms with Crippen LogP contribution in [-0.2, 0) is 17.4 Å². The highest BCUT2D eigenvalue weighted by atomic mass is 19.4. The summed E-state index contributed by atoms with van der Waals surface area (Å²) in [6.45, 7) is 1.24. The van der Waals surface area contributed by atoms with Crippen molar-refractivity contribution in [2.75, 3.05) is 13.1 Å². The lowest BCUT2D eigenvalue weighted by molar-refractivity contribution is -0.137. The van der Waals surface area contributed by atoms with Gasteiger partial charge in [0, 0.05) is 42.2 Å². The van der Waals surface area contributed by atoms with Gasteiger partial charge in [0.05, 0.1) is 17.7 Å². The molecular formula is C24H22F3N3O. The Bertz CT molecular complexity index is 1050. The van der Waals surface area contributed by atoms with Crippen molar-refractivity contribution >= 4 is 5.91 Å². The molecule has 1 aliphatic heterocycles. The SMILES string of the molecule is O=C(Cc1ccccn1)N1CCC[C@@H](c2cccc(-c3cccc(C(F)(F)F)c3)n2)C1. The van der Waals surface area contributed by atoms with Crippen LogP contribution in [0.2, 0.25) is 0 Å². The van der Waals surface area contributed by atoms with E-state index in [9.17, 15) is 18.0 Å². The standard InChI is InChI=1S/C24H22F3N3O/c25-24(26,27)19-8-3-6-17(14-19)21-10-4-11-22(29-21)18-7-5-13-30(16-18)23(31)15-20-9-1-2-12-28-20/h1-4,6,8-12,14,18H,5,7,13,15-16H2/t18-/m1/s1. The molecule has 3 heterocycles. The fraction of sp³-hybridized carbons (Fsp3) is 0.292. The first-order chi connectivity index (χ1) is 14.9. The second-order valence-corrected chi connectivity index (χ2v) is 7.70. The average molecular weight is 425 g/mol. The first kappa shape index (κ1) is 21.0. The van der Waals surface area contributed by atoms with E-state index in [4.69, 9.17) is 0 Å². The molecule has 1 aliphatic rings. The molecule has 160 valence electrons. The Morgan fingerprint density at radius 2 is 1.90 bits per heavy atom. The number of aromatic nitrogens is 2. The summed E-state index contributed by atoms with van der Waals surface area (Å²) in [5.41, 5.74) is 1.77. The Morgan fingerprint density at radius 3 is 2.68 bits per heavy atom. The molecule has 4 rings (SSSR count). The summed E-state index contributed by atoms with van der Waals surface area (Å²) in [5.74, 6) is 0.0737. The van der Waals surface area contributed by atoms with E-state index in [1.165, 1.54) is 6.07 Å². The number of hydrogen-bond donors (Lipinski definition) is 0. The number of piperidine rings is 1. The molecular weight excluding hydrogens is 403 g/mol. The molecule has 0 N–H and O–H groups in total. The number of rotatable bonds is 4. The van der Waals surface area contributed by atoms with E-state index in [0.717, 1.165) is 36.4 Å². The molecule has 0 unspecified atom stereocenters. The van der Waals surface area contributed by atoms with Crippen LogP contribution < -0.4 is 0 Å². The molecule has 1 atom stereocenters. The van der Waals surface area contributed by atoms with E-state index in [1.54, 1.807) is 18.3 Å². The lowest BCUT2D eigenvalue weighted by atomic mass is 9.93. The van der Waals surface area contributed by atoms with Gasteiger partial charge in [0.1, 0.15) is 0 Å². The molecule has 1 amide bonds. The van der Waals surface area contributed by atoms with Gasteiger partial charge in [-0.3, -0.25) is 14.8 Å². The van der Waals surface area contributed by atoms with Gasteiger partial charge in [-0.05, 0) is 49.2 Å². The zero-order valence-electron chi connectivity index (χ0n) is 16.8. The van der Waals surface area contributed by atoms with Gasteiger partial charge in [0.2, 0.25) is 5.91 Å². The molecule has 1 aromatic carbocycles. The van der Waals surface area contributed by atoms with Crippen molar-refractivity contribution in [2.24, 2.45) is 0 Å². The van der Waals surface area contributed by atoms with Gasteiger partial charge >= 0.3 is 6.18 Å². The Morgan fingerprint density at radius 1 is 1.06 bits per heavy atom. The predicted octanol–water partition coefficient (Wildman–Crippen LogP) is 5.11. The van der Waals surface area contributed by atoms with Crippen LogP contribution in [-0.4, -0.2) is 33.9 Å². The Kier molecular flexibility index (Phi) is 6.02. The molecule has 4 nitrogen and oxygen atoms in total. The summed E-state index contributed by atoms with van der Waals surface area (Å²) in [4.78, 5) is 23.4. The topological polar surface area (TPSA) is 46.1 Å². The summed E-state index contributed by atoms with van der Waals surface area (Å²) in [6.07, 6.45) is -0.734. The minimum Gasteiger partial charge on any atom is -0.342 e. The number of alkyl halides is 3. The highest BCUT2D eigenvalue weighted by molar-refractivity contribution is 5.78. The van der Waals surface area contributed by atoms with Crippen molar-refractivity contribution in [3.63, 3.8) is 0 Å². The van der Waals surface area contributed by atoms with Crippen molar-refractivity contribution < 1.29 is 18.0 Å². The van der Waals surface area contributed by atoms with Crippen molar-refractivity contribution in [2.45, 2.75) is 31.4 Å². The molecule has 31 heavy (non-hydrogen) atoms. The van der Waals surface area contributed by atoms with Crippen molar-refractivity contribution in [3.8, 4) is 11.3 Å². The highest BCUT2D eigenvalue weighted by Gasteiger charge is 2.31. The van der Waals surface area contributed by atoms with Gasteiger partial charge in [-0.15, -0.1) is 0 Å². The van der Waals surface area contributed by atoms with Gasteiger partial charge in [-0.25, -0.2) is 0 Å². The zero-order chi connectivity index (χ0) is 21.8. The molecule has 0 spiro atoms. The first-order valence-electron chi connectivity index (χ1n) is 10.2. The Labute approximate surface area is 178 Å². The molecule has 0 radical (unpaired) electrons. The number of benzene rings is 1. The zero-order valence-corrected chi connectivity index (χ0v) is 16.8. The summed E-state index contributed by atoms with van der Waals surface area (Å²) in [6, 6.07) is 16.1. The van der Waals surface area contributed by atoms with E-state index in [-0.39, 0.29) is 18.2 Å². The van der Waals surface area contributed by atoms with E-state index < -0.39 is 11.7 Å². The van der Waals surface area contributed by atoms with E-state index >= 15 is 0 Å². The lowest BCUT2D eigenvalue weighted by Crippen LogP contribution is -2.40. The fourth-order valence-corrected chi connectivity index (χ4v) is 3.91. The molecule has 1 fully saturated rings. The average Bonchev–Trinajstić information content (AvgIpc) is 2.79. The number of pyridine rings is 2. The van der Waals surface area contributed by atoms with Gasteiger partial charge < -0.3 is 4.90 Å². The van der Waals surface area contributed by atoms with Crippen molar-refractivity contribution in [3.05, 3.63) is 83.8 Å². The molecule has 0 aliphatic carbocycles. The predicted molar refractivity (Wildman–Crippen MR) is 111 cm³/mol. The Balaban J connectivity index is 1.50. The van der Waals surface area contributed by atoms with Gasteiger partial charge in [0.15, 0.2) is 0 Å². The number of nitrogens with zero attached hydrogens (tertiary/aromatic N) is 3. The third kappa shape index (κ3) is 5.10. The van der Waals surface area contributed by atoms with E-state index in [1.807, 2.05) is 35.2 Å². The number of carbonyl (C=O) groups excluding carboxylic acids is 1. The summed E-state index contributed by atoms with van der Waals surface area (Å²) in [5, 5.41) is 0. The van der Waals surface area contributed by atoms with Crippen LogP contribution in [0, 0.1) is 0 Å². The van der Waals surface area contributed by atoms with Crippen LogP contribution in [0.25, 0.3) is 11.3 Å². The summed E-state index contributed by atoms with van der Waals surface area (Å²) < 4.78 is 39.2. The largest absolute Gasteiger partial charge is 0.416 e. The van der Waals surface area contributed by atoms with Crippen molar-refractivity contribution in [1.29, 1.82) is 0 Å². The second kappa shape index (κ2) is 8.88. The molecule has 0 saturated carbocycles. The minimum absolute atomic E-state index is 0.0254. The van der Waals surface area contributed by atoms with Crippen LogP contribution in [0.3, 0.4) is 0 Å². The molecule has 3 aromatic rings. The lowest BCUT2D eigenvalue weighted by Gasteiger charge is -2.32. The number of likely N-dealkylation sites (tertiary alicyclic amines) is 1. The van der Waals surface area contributed by atoms with Gasteiger partial charge in [-0.2, -0.15) is 13.2 Å². The number of hydrogen-bond acceptors (Lipinski definition) is 3. The molecule has 1 saturated heterocycles. The summed E-state index contributed by atoms with van der Waals surface area (Å²) >= 11 is 0. The monoisotopic (exact) mass is 425 g/mol. The first-order valence-corrected chi connectivity index (χ1v) is 10.2. The van der Waals surface area contributed by atoms with Gasteiger partial charge in [-0.1, -0.05) is 24.3 Å². The maximum Gasteiger partial charge on any atom is 0.416 e. The van der Waals surface area contributed by atoms with E-state index in [2.05, 4.69) is 9.97 Å². The highest BCUT2D eigenvalue weighted by Crippen LogP contribution is 2.33. The van der Waals surface area contributed by atoms with Crippen LogP contribution >= 0.6 is 0 Å². The third-order valence-corrected chi connectivity index (χ3v) is 5.51. The number of halogens is 3. The normalized spacial score (nSPS) is 16.9. The molecule has 0 bridgehead atoms.